The van der Waals surface area contributed by atoms with Crippen molar-refractivity contribution in [3.05, 3.63) is 0 Å². The lowest BCUT2D eigenvalue weighted by atomic mass is 10.1. The highest BCUT2D eigenvalue weighted by Gasteiger charge is 2.06. The molecular formula is C10H21ClO. The lowest BCUT2D eigenvalue weighted by Crippen LogP contribution is -2.05. The van der Waals surface area contributed by atoms with Gasteiger partial charge in [0.15, 0.2) is 0 Å². The third-order valence-corrected chi connectivity index (χ3v) is 2.13. The van der Waals surface area contributed by atoms with Gasteiger partial charge in [-0.25, -0.2) is 0 Å². The van der Waals surface area contributed by atoms with E-state index in [1.807, 2.05) is 6.92 Å². The smallest absolute Gasteiger partial charge is 0.0466 e. The van der Waals surface area contributed by atoms with Crippen molar-refractivity contribution in [3.8, 4) is 0 Å². The third kappa shape index (κ3) is 8.35. The largest absolute Gasteiger partial charge is 0.382 e. The summed E-state index contributed by atoms with van der Waals surface area (Å²) in [5, 5.41) is 0.338. The summed E-state index contributed by atoms with van der Waals surface area (Å²) < 4.78 is 5.23. The maximum Gasteiger partial charge on any atom is 0.0466 e. The van der Waals surface area contributed by atoms with E-state index in [4.69, 9.17) is 16.3 Å². The van der Waals surface area contributed by atoms with Gasteiger partial charge in [-0.3, -0.25) is 0 Å². The fraction of sp³-hybridized carbons (Fsp3) is 1.00. The van der Waals surface area contributed by atoms with Crippen molar-refractivity contribution < 1.29 is 4.74 Å². The number of hydrogen-bond acceptors (Lipinski definition) is 1. The second-order valence-corrected chi connectivity index (χ2v) is 4.18. The predicted molar refractivity (Wildman–Crippen MR) is 54.8 cm³/mol. The molecule has 0 spiro atoms. The average molecular weight is 193 g/mol. The lowest BCUT2D eigenvalue weighted by molar-refractivity contribution is 0.143. The molecule has 0 aliphatic rings. The molecule has 0 aromatic rings. The Kier molecular flexibility index (Phi) is 8.04. The lowest BCUT2D eigenvalue weighted by Gasteiger charge is -2.11. The zero-order chi connectivity index (χ0) is 9.40. The van der Waals surface area contributed by atoms with Crippen LogP contribution in [0.4, 0.5) is 0 Å². The van der Waals surface area contributed by atoms with Crippen LogP contribution in [0.3, 0.4) is 0 Å². The minimum Gasteiger partial charge on any atom is -0.382 e. The molecule has 0 heterocycles. The first-order valence-electron chi connectivity index (χ1n) is 4.88. The van der Waals surface area contributed by atoms with Crippen LogP contribution < -0.4 is 0 Å². The first kappa shape index (κ1) is 12.2. The summed E-state index contributed by atoms with van der Waals surface area (Å²) in [5.41, 5.74) is 0. The van der Waals surface area contributed by atoms with Crippen LogP contribution >= 0.6 is 11.6 Å². The molecule has 0 radical (unpaired) electrons. The summed E-state index contributed by atoms with van der Waals surface area (Å²) in [6.45, 7) is 8.11. The molecule has 2 heteroatoms. The average Bonchev–Trinajstić information content (AvgIpc) is 1.97. The zero-order valence-electron chi connectivity index (χ0n) is 8.48. The molecule has 12 heavy (non-hydrogen) atoms. The number of rotatable bonds is 7. The van der Waals surface area contributed by atoms with E-state index in [2.05, 4.69) is 13.8 Å². The van der Waals surface area contributed by atoms with Gasteiger partial charge >= 0.3 is 0 Å². The molecule has 0 amide bonds. The molecule has 0 saturated carbocycles. The molecule has 0 aromatic carbocycles. The molecule has 1 unspecified atom stereocenters. The Hall–Kier alpha value is 0.250. The van der Waals surface area contributed by atoms with Crippen molar-refractivity contribution in [1.82, 2.24) is 0 Å². The first-order chi connectivity index (χ1) is 5.66. The maximum atomic E-state index is 6.10. The van der Waals surface area contributed by atoms with Gasteiger partial charge in [0.1, 0.15) is 0 Å². The molecule has 0 bridgehead atoms. The summed E-state index contributed by atoms with van der Waals surface area (Å²) in [5.74, 6) is 0.708. The zero-order valence-corrected chi connectivity index (χ0v) is 9.23. The van der Waals surface area contributed by atoms with Gasteiger partial charge in [0.2, 0.25) is 0 Å². The second-order valence-electron chi connectivity index (χ2n) is 3.57. The van der Waals surface area contributed by atoms with E-state index in [-0.39, 0.29) is 0 Å². The number of hydrogen-bond donors (Lipinski definition) is 0. The Morgan fingerprint density at radius 3 is 2.50 bits per heavy atom. The van der Waals surface area contributed by atoms with Gasteiger partial charge in [-0.2, -0.15) is 0 Å². The van der Waals surface area contributed by atoms with Gasteiger partial charge in [0.25, 0.3) is 0 Å². The molecule has 74 valence electrons. The van der Waals surface area contributed by atoms with E-state index >= 15 is 0 Å². The molecule has 0 saturated heterocycles. The van der Waals surface area contributed by atoms with E-state index in [9.17, 15) is 0 Å². The van der Waals surface area contributed by atoms with E-state index < -0.39 is 0 Å². The Morgan fingerprint density at radius 1 is 1.33 bits per heavy atom. The molecule has 0 aliphatic heterocycles. The monoisotopic (exact) mass is 192 g/mol. The summed E-state index contributed by atoms with van der Waals surface area (Å²) in [7, 11) is 0. The standard InChI is InChI=1S/C10H21ClO/c1-4-12-7-5-6-10(11)8-9(2)3/h9-10H,4-8H2,1-3H3. The topological polar surface area (TPSA) is 9.23 Å². The molecule has 0 fully saturated rings. The van der Waals surface area contributed by atoms with Crippen molar-refractivity contribution in [2.45, 2.75) is 45.4 Å². The molecule has 1 nitrogen and oxygen atoms in total. The third-order valence-electron chi connectivity index (χ3n) is 1.74. The van der Waals surface area contributed by atoms with E-state index in [0.29, 0.717) is 11.3 Å². The van der Waals surface area contributed by atoms with Crippen molar-refractivity contribution in [2.24, 2.45) is 5.92 Å². The Morgan fingerprint density at radius 2 is 2.00 bits per heavy atom. The van der Waals surface area contributed by atoms with Gasteiger partial charge in [0.05, 0.1) is 0 Å². The van der Waals surface area contributed by atoms with Crippen LogP contribution in [0.2, 0.25) is 0 Å². The van der Waals surface area contributed by atoms with Crippen LogP contribution in [0.25, 0.3) is 0 Å². The van der Waals surface area contributed by atoms with Crippen molar-refractivity contribution in [1.29, 1.82) is 0 Å². The van der Waals surface area contributed by atoms with Crippen LogP contribution in [-0.2, 0) is 4.74 Å². The van der Waals surface area contributed by atoms with Crippen LogP contribution in [0, 0.1) is 5.92 Å². The number of alkyl halides is 1. The molecule has 0 rings (SSSR count). The Labute approximate surface area is 81.4 Å². The van der Waals surface area contributed by atoms with Crippen LogP contribution in [0.1, 0.15) is 40.0 Å². The minimum absolute atomic E-state index is 0.338. The van der Waals surface area contributed by atoms with Crippen LogP contribution in [0.5, 0.6) is 0 Å². The fourth-order valence-electron chi connectivity index (χ4n) is 1.18. The van der Waals surface area contributed by atoms with Crippen molar-refractivity contribution >= 4 is 11.6 Å². The molecule has 0 N–H and O–H groups in total. The van der Waals surface area contributed by atoms with Gasteiger partial charge in [-0.15, -0.1) is 11.6 Å². The summed E-state index contributed by atoms with van der Waals surface area (Å²) in [4.78, 5) is 0. The van der Waals surface area contributed by atoms with Gasteiger partial charge in [0, 0.05) is 18.6 Å². The van der Waals surface area contributed by atoms with E-state index in [1.165, 1.54) is 0 Å². The van der Waals surface area contributed by atoms with Crippen molar-refractivity contribution in [3.63, 3.8) is 0 Å². The van der Waals surface area contributed by atoms with Crippen molar-refractivity contribution in [2.75, 3.05) is 13.2 Å². The van der Waals surface area contributed by atoms with Crippen LogP contribution in [0.15, 0.2) is 0 Å². The maximum absolute atomic E-state index is 6.10. The highest BCUT2D eigenvalue weighted by molar-refractivity contribution is 6.20. The van der Waals surface area contributed by atoms with Gasteiger partial charge < -0.3 is 4.74 Å². The Balaban J connectivity index is 3.14. The van der Waals surface area contributed by atoms with E-state index in [1.54, 1.807) is 0 Å². The predicted octanol–water partition coefficient (Wildman–Crippen LogP) is 3.46. The SMILES string of the molecule is CCOCCCC(Cl)CC(C)C. The molecule has 0 aromatic heterocycles. The fourth-order valence-corrected chi connectivity index (χ4v) is 1.69. The number of halogens is 1. The molecular weight excluding hydrogens is 172 g/mol. The summed E-state index contributed by atoms with van der Waals surface area (Å²) in [6.07, 6.45) is 3.29. The Bertz CT molecular complexity index is 93.8. The normalized spacial score (nSPS) is 13.8. The highest BCUT2D eigenvalue weighted by Crippen LogP contribution is 2.15. The van der Waals surface area contributed by atoms with E-state index in [0.717, 1.165) is 32.5 Å². The second kappa shape index (κ2) is 7.88. The van der Waals surface area contributed by atoms with Crippen LogP contribution in [-0.4, -0.2) is 18.6 Å². The van der Waals surface area contributed by atoms with Gasteiger partial charge in [-0.1, -0.05) is 13.8 Å². The summed E-state index contributed by atoms with van der Waals surface area (Å²) >= 11 is 6.10. The number of ether oxygens (including phenoxy) is 1. The molecule has 0 aliphatic carbocycles. The minimum atomic E-state index is 0.338. The highest BCUT2D eigenvalue weighted by atomic mass is 35.5. The van der Waals surface area contributed by atoms with Gasteiger partial charge in [-0.05, 0) is 32.1 Å². The quantitative estimate of drug-likeness (QED) is 0.444. The molecule has 1 atom stereocenters. The summed E-state index contributed by atoms with van der Waals surface area (Å²) in [6, 6.07) is 0. The first-order valence-corrected chi connectivity index (χ1v) is 5.32.